The van der Waals surface area contributed by atoms with Crippen LogP contribution in [0.2, 0.25) is 0 Å². The maximum atomic E-state index is 14.4. The van der Waals surface area contributed by atoms with Crippen LogP contribution in [-0.4, -0.2) is 24.5 Å². The van der Waals surface area contributed by atoms with Crippen molar-refractivity contribution in [3.63, 3.8) is 0 Å². The molecule has 4 rings (SSSR count). The predicted octanol–water partition coefficient (Wildman–Crippen LogP) is 4.12. The Morgan fingerprint density at radius 2 is 1.96 bits per heavy atom. The number of nitrogens with one attached hydrogen (secondary N) is 1. The fourth-order valence-corrected chi connectivity index (χ4v) is 5.99. The summed E-state index contributed by atoms with van der Waals surface area (Å²) in [7, 11) is 0. The van der Waals surface area contributed by atoms with Gasteiger partial charge in [-0.25, -0.2) is 4.39 Å². The Morgan fingerprint density at radius 3 is 2.61 bits per heavy atom. The Morgan fingerprint density at radius 1 is 1.21 bits per heavy atom. The second-order valence-electron chi connectivity index (χ2n) is 9.04. The zero-order valence-corrected chi connectivity index (χ0v) is 16.6. The number of ether oxygens (including phenoxy) is 1. The van der Waals surface area contributed by atoms with Crippen LogP contribution >= 0.6 is 0 Å². The minimum atomic E-state index is -0.957. The summed E-state index contributed by atoms with van der Waals surface area (Å²) in [5, 5.41) is 3.03. The van der Waals surface area contributed by atoms with Crippen LogP contribution in [0, 0.1) is 23.6 Å². The number of fused-ring (bicyclic) bond motifs is 2. The molecule has 0 saturated heterocycles. The molecule has 0 unspecified atom stereocenters. The lowest BCUT2D eigenvalue weighted by Gasteiger charge is -2.29. The monoisotopic (exact) mass is 387 g/mol. The molecule has 1 aromatic carbocycles. The summed E-state index contributed by atoms with van der Waals surface area (Å²) >= 11 is 0. The van der Waals surface area contributed by atoms with Gasteiger partial charge in [0.05, 0.1) is 5.41 Å². The lowest BCUT2D eigenvalue weighted by atomic mass is 9.78. The number of amides is 1. The average Bonchev–Trinajstić information content (AvgIpc) is 3.43. The van der Waals surface area contributed by atoms with Crippen molar-refractivity contribution in [1.82, 2.24) is 5.32 Å². The molecule has 152 valence electrons. The number of carbonyl (C=O) groups excluding carboxylic acids is 2. The van der Waals surface area contributed by atoms with E-state index in [4.69, 9.17) is 4.74 Å². The topological polar surface area (TPSA) is 55.4 Å². The van der Waals surface area contributed by atoms with E-state index < -0.39 is 11.4 Å². The lowest BCUT2D eigenvalue weighted by Crippen LogP contribution is -2.43. The van der Waals surface area contributed by atoms with Crippen LogP contribution < -0.4 is 5.32 Å². The van der Waals surface area contributed by atoms with Gasteiger partial charge in [-0.2, -0.15) is 0 Å². The van der Waals surface area contributed by atoms with Crippen LogP contribution in [0.1, 0.15) is 63.9 Å². The van der Waals surface area contributed by atoms with Crippen LogP contribution in [0.5, 0.6) is 0 Å². The van der Waals surface area contributed by atoms with Crippen molar-refractivity contribution in [2.24, 2.45) is 17.8 Å². The third-order valence-corrected chi connectivity index (χ3v) is 7.40. The van der Waals surface area contributed by atoms with Gasteiger partial charge in [-0.15, -0.1) is 0 Å². The normalized spacial score (nSPS) is 28.9. The van der Waals surface area contributed by atoms with Crippen molar-refractivity contribution < 1.29 is 18.7 Å². The molecule has 0 spiro atoms. The summed E-state index contributed by atoms with van der Waals surface area (Å²) in [6.07, 6.45) is 7.94. The van der Waals surface area contributed by atoms with Gasteiger partial charge < -0.3 is 10.1 Å². The minimum Gasteiger partial charge on any atom is -0.455 e. The SMILES string of the molecule is C[C@H](NC(=O)COC(=O)C1(c2ccccc2F)CCCC1)[C@@H]1C[C@H]2CC[C@H]1C2. The molecule has 28 heavy (non-hydrogen) atoms. The minimum absolute atomic E-state index is 0.105. The van der Waals surface area contributed by atoms with E-state index in [1.807, 2.05) is 0 Å². The number of hydrogen-bond donors (Lipinski definition) is 1. The molecule has 3 aliphatic rings. The highest BCUT2D eigenvalue weighted by molar-refractivity contribution is 5.86. The highest BCUT2D eigenvalue weighted by atomic mass is 19.1. The van der Waals surface area contributed by atoms with Crippen molar-refractivity contribution in [2.45, 2.75) is 69.7 Å². The Labute approximate surface area is 166 Å². The number of carbonyl (C=O) groups is 2. The smallest absolute Gasteiger partial charge is 0.317 e. The maximum Gasteiger partial charge on any atom is 0.317 e. The zero-order valence-electron chi connectivity index (χ0n) is 16.6. The third-order valence-electron chi connectivity index (χ3n) is 7.40. The van der Waals surface area contributed by atoms with E-state index in [1.165, 1.54) is 31.7 Å². The summed E-state index contributed by atoms with van der Waals surface area (Å²) in [6, 6.07) is 6.52. The number of benzene rings is 1. The van der Waals surface area contributed by atoms with Gasteiger partial charge in [0.15, 0.2) is 6.61 Å². The molecule has 3 saturated carbocycles. The Bertz CT molecular complexity index is 743. The Balaban J connectivity index is 1.35. The van der Waals surface area contributed by atoms with Crippen LogP contribution in [0.4, 0.5) is 4.39 Å². The first-order valence-corrected chi connectivity index (χ1v) is 10.7. The first-order chi connectivity index (χ1) is 13.5. The second-order valence-corrected chi connectivity index (χ2v) is 9.04. The average molecular weight is 387 g/mol. The molecular weight excluding hydrogens is 357 g/mol. The van der Waals surface area contributed by atoms with Crippen LogP contribution in [0.3, 0.4) is 0 Å². The number of halogens is 1. The molecule has 0 radical (unpaired) electrons. The van der Waals surface area contributed by atoms with Gasteiger partial charge >= 0.3 is 5.97 Å². The molecule has 0 aliphatic heterocycles. The van der Waals surface area contributed by atoms with E-state index in [2.05, 4.69) is 12.2 Å². The lowest BCUT2D eigenvalue weighted by molar-refractivity contribution is -0.154. The van der Waals surface area contributed by atoms with Gasteiger partial charge in [-0.1, -0.05) is 37.5 Å². The third kappa shape index (κ3) is 3.56. The quantitative estimate of drug-likeness (QED) is 0.747. The summed E-state index contributed by atoms with van der Waals surface area (Å²) < 4.78 is 19.8. The number of hydrogen-bond acceptors (Lipinski definition) is 3. The summed E-state index contributed by atoms with van der Waals surface area (Å²) in [5.74, 6) is 0.984. The molecule has 0 heterocycles. The zero-order chi connectivity index (χ0) is 19.7. The Kier molecular flexibility index (Phi) is 5.44. The van der Waals surface area contributed by atoms with Gasteiger partial charge in [0.1, 0.15) is 5.82 Å². The summed E-state index contributed by atoms with van der Waals surface area (Å²) in [4.78, 5) is 25.3. The van der Waals surface area contributed by atoms with Gasteiger partial charge in [-0.3, -0.25) is 9.59 Å². The highest BCUT2D eigenvalue weighted by Gasteiger charge is 2.46. The molecule has 1 N–H and O–H groups in total. The predicted molar refractivity (Wildman–Crippen MR) is 104 cm³/mol. The van der Waals surface area contributed by atoms with E-state index in [9.17, 15) is 14.0 Å². The van der Waals surface area contributed by atoms with Crippen molar-refractivity contribution in [2.75, 3.05) is 6.61 Å². The van der Waals surface area contributed by atoms with Crippen molar-refractivity contribution >= 4 is 11.9 Å². The second kappa shape index (κ2) is 7.84. The van der Waals surface area contributed by atoms with E-state index in [-0.39, 0.29) is 24.4 Å². The van der Waals surface area contributed by atoms with Gasteiger partial charge in [0.25, 0.3) is 5.91 Å². The van der Waals surface area contributed by atoms with Crippen LogP contribution in [-0.2, 0) is 19.7 Å². The number of rotatable bonds is 6. The fourth-order valence-electron chi connectivity index (χ4n) is 5.99. The molecule has 1 amide bonds. The van der Waals surface area contributed by atoms with E-state index in [0.717, 1.165) is 24.7 Å². The van der Waals surface area contributed by atoms with Crippen molar-refractivity contribution in [1.29, 1.82) is 0 Å². The maximum absolute atomic E-state index is 14.4. The van der Waals surface area contributed by atoms with Crippen LogP contribution in [0.15, 0.2) is 24.3 Å². The van der Waals surface area contributed by atoms with Gasteiger partial charge in [0, 0.05) is 11.6 Å². The molecule has 1 aromatic rings. The standard InChI is InChI=1S/C23H30FNO3/c1-15(18-13-16-8-9-17(18)12-16)25-21(26)14-28-22(27)23(10-4-5-11-23)19-6-2-3-7-20(19)24/h2-3,6-7,15-18H,4-5,8-14H2,1H3,(H,25,26)/t15-,16-,17-,18-/m0/s1. The van der Waals surface area contributed by atoms with Crippen molar-refractivity contribution in [3.05, 3.63) is 35.6 Å². The summed E-state index contributed by atoms with van der Waals surface area (Å²) in [5.41, 5.74) is -0.560. The first-order valence-electron chi connectivity index (χ1n) is 10.7. The van der Waals surface area contributed by atoms with E-state index in [0.29, 0.717) is 24.3 Å². The molecule has 0 aromatic heterocycles. The van der Waals surface area contributed by atoms with Gasteiger partial charge in [-0.05, 0) is 62.8 Å². The van der Waals surface area contributed by atoms with Crippen molar-refractivity contribution in [3.8, 4) is 0 Å². The highest BCUT2D eigenvalue weighted by Crippen LogP contribution is 2.49. The molecule has 3 fully saturated rings. The first kappa shape index (κ1) is 19.4. The molecule has 5 heteroatoms. The fraction of sp³-hybridized carbons (Fsp3) is 0.652. The number of esters is 1. The van der Waals surface area contributed by atoms with Crippen LogP contribution in [0.25, 0.3) is 0 Å². The van der Waals surface area contributed by atoms with E-state index >= 15 is 0 Å². The van der Waals surface area contributed by atoms with Gasteiger partial charge in [0.2, 0.25) is 0 Å². The molecule has 4 nitrogen and oxygen atoms in total. The molecule has 3 aliphatic carbocycles. The molecule has 2 bridgehead atoms. The summed E-state index contributed by atoms with van der Waals surface area (Å²) in [6.45, 7) is 1.77. The molecule has 4 atom stereocenters. The molecular formula is C23H30FNO3. The largest absolute Gasteiger partial charge is 0.455 e. The van der Waals surface area contributed by atoms with E-state index in [1.54, 1.807) is 18.2 Å². The Hall–Kier alpha value is -1.91.